The molecule has 1 atom stereocenters. The molecule has 0 aliphatic carbocycles. The Morgan fingerprint density at radius 2 is 2.46 bits per heavy atom. The van der Waals surface area contributed by atoms with E-state index >= 15 is 0 Å². The van der Waals surface area contributed by atoms with E-state index in [2.05, 4.69) is 4.98 Å². The molecule has 1 unspecified atom stereocenters. The van der Waals surface area contributed by atoms with E-state index in [1.807, 2.05) is 6.92 Å². The van der Waals surface area contributed by atoms with Crippen molar-refractivity contribution in [2.24, 2.45) is 0 Å². The molecule has 0 fully saturated rings. The summed E-state index contributed by atoms with van der Waals surface area (Å²) in [6, 6.07) is 0. The summed E-state index contributed by atoms with van der Waals surface area (Å²) in [5, 5.41) is 0. The smallest absolute Gasteiger partial charge is 0.209 e. The molecule has 1 rings (SSSR count). The molecule has 0 aromatic carbocycles. The second-order valence-corrected chi connectivity index (χ2v) is 3.21. The number of aromatic nitrogens is 1. The monoisotopic (exact) mass is 203 g/mol. The predicted octanol–water partition coefficient (Wildman–Crippen LogP) is 2.38. The molecule has 4 heteroatoms. The molecule has 1 aromatic heterocycles. The minimum absolute atomic E-state index is 0.254. The van der Waals surface area contributed by atoms with Crippen LogP contribution in [0, 0.1) is 0 Å². The van der Waals surface area contributed by atoms with E-state index in [9.17, 15) is 0 Å². The zero-order valence-electron chi connectivity index (χ0n) is 7.92. The molecule has 0 spiro atoms. The molecule has 0 aliphatic rings. The molecule has 0 N–H and O–H groups in total. The first kappa shape index (κ1) is 10.5. The number of oxazole rings is 1. The number of hydrogen-bond acceptors (Lipinski definition) is 3. The summed E-state index contributed by atoms with van der Waals surface area (Å²) < 4.78 is 10.4. The van der Waals surface area contributed by atoms with Crippen LogP contribution in [0.5, 0.6) is 0 Å². The van der Waals surface area contributed by atoms with Gasteiger partial charge in [0.2, 0.25) is 5.89 Å². The summed E-state index contributed by atoms with van der Waals surface area (Å²) in [4.78, 5) is 4.00. The van der Waals surface area contributed by atoms with Gasteiger partial charge in [-0.2, -0.15) is 0 Å². The molecular weight excluding hydrogens is 190 g/mol. The largest absolute Gasteiger partial charge is 0.444 e. The van der Waals surface area contributed by atoms with Crippen LogP contribution in [0.25, 0.3) is 0 Å². The number of hydrogen-bond donors (Lipinski definition) is 0. The Morgan fingerprint density at radius 1 is 1.69 bits per heavy atom. The molecule has 1 heterocycles. The highest BCUT2D eigenvalue weighted by Gasteiger charge is 2.05. The van der Waals surface area contributed by atoms with Crippen LogP contribution in [0.1, 0.15) is 25.0 Å². The Kier molecular flexibility index (Phi) is 4.25. The lowest BCUT2D eigenvalue weighted by Gasteiger charge is -2.06. The summed E-state index contributed by atoms with van der Waals surface area (Å²) in [6.45, 7) is 2.03. The van der Waals surface area contributed by atoms with Gasteiger partial charge in [0.25, 0.3) is 0 Å². The number of alkyl halides is 1. The van der Waals surface area contributed by atoms with Crippen LogP contribution in [-0.4, -0.2) is 18.2 Å². The first-order valence-corrected chi connectivity index (χ1v) is 4.82. The molecule has 0 bridgehead atoms. The Hall–Kier alpha value is -0.540. The summed E-state index contributed by atoms with van der Waals surface area (Å²) in [7, 11) is 1.70. The van der Waals surface area contributed by atoms with Crippen molar-refractivity contribution >= 4 is 11.6 Å². The predicted molar refractivity (Wildman–Crippen MR) is 50.9 cm³/mol. The molecule has 0 aliphatic heterocycles. The quantitative estimate of drug-likeness (QED) is 0.690. The molecule has 0 radical (unpaired) electrons. The van der Waals surface area contributed by atoms with Crippen molar-refractivity contribution in [1.82, 2.24) is 4.98 Å². The van der Waals surface area contributed by atoms with Crippen LogP contribution >= 0.6 is 11.6 Å². The van der Waals surface area contributed by atoms with Crippen LogP contribution in [0.15, 0.2) is 10.6 Å². The van der Waals surface area contributed by atoms with Gasteiger partial charge in [0, 0.05) is 13.5 Å². The second-order valence-electron chi connectivity index (χ2n) is 2.94. The number of halogens is 1. The van der Waals surface area contributed by atoms with Gasteiger partial charge in [-0.15, -0.1) is 11.6 Å². The third-order valence-corrected chi connectivity index (χ3v) is 2.14. The Morgan fingerprint density at radius 3 is 3.00 bits per heavy atom. The SMILES string of the molecule is COC(C)CCc1cnc(CCl)o1. The van der Waals surface area contributed by atoms with Crippen molar-refractivity contribution in [3.63, 3.8) is 0 Å². The van der Waals surface area contributed by atoms with Crippen molar-refractivity contribution in [3.05, 3.63) is 17.8 Å². The first-order valence-electron chi connectivity index (χ1n) is 4.28. The van der Waals surface area contributed by atoms with Crippen molar-refractivity contribution in [1.29, 1.82) is 0 Å². The van der Waals surface area contributed by atoms with E-state index in [0.29, 0.717) is 11.8 Å². The van der Waals surface area contributed by atoms with Crippen molar-refractivity contribution in [2.45, 2.75) is 31.7 Å². The summed E-state index contributed by atoms with van der Waals surface area (Å²) in [5.74, 6) is 1.79. The Bertz CT molecular complexity index is 250. The van der Waals surface area contributed by atoms with Crippen LogP contribution in [0.3, 0.4) is 0 Å². The highest BCUT2D eigenvalue weighted by molar-refractivity contribution is 6.16. The fourth-order valence-corrected chi connectivity index (χ4v) is 1.11. The zero-order chi connectivity index (χ0) is 9.68. The molecule has 13 heavy (non-hydrogen) atoms. The van der Waals surface area contributed by atoms with Gasteiger partial charge < -0.3 is 9.15 Å². The van der Waals surface area contributed by atoms with Crippen LogP contribution < -0.4 is 0 Å². The topological polar surface area (TPSA) is 35.3 Å². The van der Waals surface area contributed by atoms with Crippen LogP contribution in [-0.2, 0) is 17.0 Å². The normalized spacial score (nSPS) is 13.2. The number of nitrogens with zero attached hydrogens (tertiary/aromatic N) is 1. The van der Waals surface area contributed by atoms with E-state index in [1.165, 1.54) is 0 Å². The van der Waals surface area contributed by atoms with Gasteiger partial charge >= 0.3 is 0 Å². The van der Waals surface area contributed by atoms with Gasteiger partial charge in [-0.1, -0.05) is 0 Å². The van der Waals surface area contributed by atoms with E-state index < -0.39 is 0 Å². The third kappa shape index (κ3) is 3.36. The lowest BCUT2D eigenvalue weighted by molar-refractivity contribution is 0.110. The average Bonchev–Trinajstić information content (AvgIpc) is 2.61. The van der Waals surface area contributed by atoms with Gasteiger partial charge in [-0.3, -0.25) is 0 Å². The number of rotatable bonds is 5. The zero-order valence-corrected chi connectivity index (χ0v) is 8.67. The van der Waals surface area contributed by atoms with E-state index in [1.54, 1.807) is 13.3 Å². The van der Waals surface area contributed by atoms with E-state index in [0.717, 1.165) is 18.6 Å². The Labute approximate surface area is 83.1 Å². The highest BCUT2D eigenvalue weighted by atomic mass is 35.5. The van der Waals surface area contributed by atoms with Gasteiger partial charge in [0.05, 0.1) is 18.2 Å². The second kappa shape index (κ2) is 5.25. The maximum Gasteiger partial charge on any atom is 0.209 e. The van der Waals surface area contributed by atoms with E-state index in [4.69, 9.17) is 20.8 Å². The van der Waals surface area contributed by atoms with Crippen molar-refractivity contribution in [3.8, 4) is 0 Å². The van der Waals surface area contributed by atoms with Crippen LogP contribution in [0.2, 0.25) is 0 Å². The average molecular weight is 204 g/mol. The lowest BCUT2D eigenvalue weighted by Crippen LogP contribution is -2.05. The third-order valence-electron chi connectivity index (χ3n) is 1.92. The highest BCUT2D eigenvalue weighted by Crippen LogP contribution is 2.10. The van der Waals surface area contributed by atoms with Crippen LogP contribution in [0.4, 0.5) is 0 Å². The van der Waals surface area contributed by atoms with Gasteiger partial charge in [-0.25, -0.2) is 4.98 Å². The fraction of sp³-hybridized carbons (Fsp3) is 0.667. The van der Waals surface area contributed by atoms with Crippen molar-refractivity contribution < 1.29 is 9.15 Å². The fourth-order valence-electron chi connectivity index (χ4n) is 0.989. The van der Waals surface area contributed by atoms with Crippen molar-refractivity contribution in [2.75, 3.05) is 7.11 Å². The molecule has 74 valence electrons. The lowest BCUT2D eigenvalue weighted by atomic mass is 10.2. The van der Waals surface area contributed by atoms with Gasteiger partial charge in [0.1, 0.15) is 5.76 Å². The molecule has 0 amide bonds. The van der Waals surface area contributed by atoms with Gasteiger partial charge in [0.15, 0.2) is 0 Å². The molecular formula is C9H14ClNO2. The molecule has 0 saturated carbocycles. The number of methoxy groups -OCH3 is 1. The standard InChI is InChI=1S/C9H14ClNO2/c1-7(12-2)3-4-8-6-11-9(5-10)13-8/h6-7H,3-5H2,1-2H3. The number of ether oxygens (including phenoxy) is 1. The summed E-state index contributed by atoms with van der Waals surface area (Å²) in [5.41, 5.74) is 0. The Balaban J connectivity index is 2.36. The molecule has 0 saturated heterocycles. The maximum atomic E-state index is 5.55. The molecule has 1 aromatic rings. The minimum Gasteiger partial charge on any atom is -0.444 e. The minimum atomic E-state index is 0.254. The summed E-state index contributed by atoms with van der Waals surface area (Å²) in [6.07, 6.45) is 3.76. The number of aryl methyl sites for hydroxylation is 1. The summed E-state index contributed by atoms with van der Waals surface area (Å²) >= 11 is 5.55. The van der Waals surface area contributed by atoms with E-state index in [-0.39, 0.29) is 6.10 Å². The van der Waals surface area contributed by atoms with Gasteiger partial charge in [-0.05, 0) is 13.3 Å². The maximum absolute atomic E-state index is 5.55. The molecule has 3 nitrogen and oxygen atoms in total. The first-order chi connectivity index (χ1) is 6.26.